The molecule has 3 aliphatic heterocycles. The first-order valence-electron chi connectivity index (χ1n) is 21.7. The molecule has 1 spiro atoms. The first-order chi connectivity index (χ1) is 28.0. The number of ether oxygens (including phenoxy) is 6. The maximum atomic E-state index is 12.5. The summed E-state index contributed by atoms with van der Waals surface area (Å²) in [6.07, 6.45) is 6.08. The van der Waals surface area contributed by atoms with Crippen molar-refractivity contribution in [3.8, 4) is 0 Å². The summed E-state index contributed by atoms with van der Waals surface area (Å²) < 4.78 is 37.3. The molecule has 5 fully saturated rings. The Morgan fingerprint density at radius 2 is 1.66 bits per heavy atom. The second-order valence-corrected chi connectivity index (χ2v) is 18.9. The summed E-state index contributed by atoms with van der Waals surface area (Å²) in [5, 5.41) is 19.5. The van der Waals surface area contributed by atoms with Gasteiger partial charge in [0.05, 0.1) is 29.7 Å². The van der Waals surface area contributed by atoms with E-state index in [0.29, 0.717) is 35.9 Å². The molecular weight excluding hydrogens is 761 g/mol. The van der Waals surface area contributed by atoms with E-state index in [1.165, 1.54) is 43.5 Å². The van der Waals surface area contributed by atoms with Crippen LogP contribution >= 0.6 is 0 Å². The molecule has 0 aromatic carbocycles. The Morgan fingerprint density at radius 1 is 0.949 bits per heavy atom. The molecule has 59 heavy (non-hydrogen) atoms. The van der Waals surface area contributed by atoms with Gasteiger partial charge in [-0.3, -0.25) is 24.1 Å². The molecule has 4 aliphatic carbocycles. The van der Waals surface area contributed by atoms with E-state index in [1.807, 2.05) is 0 Å². The molecule has 0 bridgehead atoms. The molecule has 7 aliphatic rings. The highest BCUT2D eigenvalue weighted by molar-refractivity contribution is 5.68. The van der Waals surface area contributed by atoms with Gasteiger partial charge in [0.1, 0.15) is 12.7 Å². The lowest BCUT2D eigenvalue weighted by Gasteiger charge is -2.49. The summed E-state index contributed by atoms with van der Waals surface area (Å²) >= 11 is 0. The van der Waals surface area contributed by atoms with Crippen molar-refractivity contribution in [2.45, 2.75) is 168 Å². The highest BCUT2D eigenvalue weighted by Crippen LogP contribution is 2.65. The van der Waals surface area contributed by atoms with Crippen molar-refractivity contribution in [1.82, 2.24) is 19.9 Å². The van der Waals surface area contributed by atoms with Crippen LogP contribution in [0.3, 0.4) is 0 Å². The van der Waals surface area contributed by atoms with Crippen molar-refractivity contribution >= 4 is 23.9 Å². The van der Waals surface area contributed by atoms with E-state index < -0.39 is 54.5 Å². The maximum Gasteiger partial charge on any atom is 0.303 e. The fourth-order valence-electron chi connectivity index (χ4n) is 12.8. The first-order valence-corrected chi connectivity index (χ1v) is 21.7. The molecule has 15 atom stereocenters. The van der Waals surface area contributed by atoms with Gasteiger partial charge < -0.3 is 33.5 Å². The number of aliphatic hydroxyl groups excluding tert-OH is 1. The Balaban J connectivity index is 1.05. The molecule has 4 heterocycles. The van der Waals surface area contributed by atoms with Crippen LogP contribution in [-0.4, -0.2) is 110 Å². The van der Waals surface area contributed by atoms with Gasteiger partial charge in [0.15, 0.2) is 24.5 Å². The lowest BCUT2D eigenvalue weighted by Crippen LogP contribution is -2.60. The number of piperidine rings is 1. The van der Waals surface area contributed by atoms with Crippen LogP contribution in [0.1, 0.15) is 119 Å². The van der Waals surface area contributed by atoms with Crippen LogP contribution in [-0.2, 0) is 54.1 Å². The molecule has 1 N–H and O–H groups in total. The van der Waals surface area contributed by atoms with Gasteiger partial charge in [-0.15, -0.1) is 5.10 Å². The van der Waals surface area contributed by atoms with Gasteiger partial charge in [0.2, 0.25) is 0 Å². The molecule has 3 saturated heterocycles. The molecule has 2 unspecified atom stereocenters. The number of rotatable bonds is 8. The smallest absolute Gasteiger partial charge is 0.303 e. The van der Waals surface area contributed by atoms with Gasteiger partial charge >= 0.3 is 23.9 Å². The van der Waals surface area contributed by atoms with Crippen LogP contribution in [0.25, 0.3) is 0 Å². The van der Waals surface area contributed by atoms with Crippen molar-refractivity contribution in [3.05, 3.63) is 34.7 Å². The number of hydrogen-bond acceptors (Lipinski definition) is 14. The number of nitrogens with zero attached hydrogens (tertiary/aromatic N) is 4. The zero-order chi connectivity index (χ0) is 42.1. The van der Waals surface area contributed by atoms with E-state index in [4.69, 9.17) is 28.4 Å². The van der Waals surface area contributed by atoms with Crippen molar-refractivity contribution < 1.29 is 52.7 Å². The Labute approximate surface area is 346 Å². The monoisotopic (exact) mass is 822 g/mol. The van der Waals surface area contributed by atoms with Gasteiger partial charge in [-0.25, -0.2) is 4.68 Å². The molecule has 0 amide bonds. The zero-order valence-electron chi connectivity index (χ0n) is 35.8. The van der Waals surface area contributed by atoms with E-state index in [2.05, 4.69) is 49.0 Å². The van der Waals surface area contributed by atoms with Crippen molar-refractivity contribution in [2.75, 3.05) is 13.2 Å². The summed E-state index contributed by atoms with van der Waals surface area (Å²) in [6, 6.07) is 0.156. The van der Waals surface area contributed by atoms with Crippen LogP contribution in [0.15, 0.2) is 29.0 Å². The molecule has 8 rings (SSSR count). The Hall–Kier alpha value is -3.66. The van der Waals surface area contributed by atoms with Gasteiger partial charge in [-0.05, 0) is 93.0 Å². The minimum atomic E-state index is -1.31. The second kappa shape index (κ2) is 16.0. The number of esters is 4. The summed E-state index contributed by atoms with van der Waals surface area (Å²) in [5.74, 6) is -0.190. The highest BCUT2D eigenvalue weighted by Gasteiger charge is 2.62. The van der Waals surface area contributed by atoms with Gasteiger partial charge in [0, 0.05) is 52.7 Å². The van der Waals surface area contributed by atoms with Crippen LogP contribution in [0.4, 0.5) is 0 Å². The quantitative estimate of drug-likeness (QED) is 0.216. The van der Waals surface area contributed by atoms with E-state index in [-0.39, 0.29) is 41.8 Å². The fraction of sp³-hybridized carbons (Fsp3) is 0.773. The number of aliphatic hydroxyl groups is 1. The van der Waals surface area contributed by atoms with Gasteiger partial charge in [0.25, 0.3) is 0 Å². The average Bonchev–Trinajstić information content (AvgIpc) is 3.86. The topological polar surface area (TPSA) is 178 Å². The average molecular weight is 823 g/mol. The summed E-state index contributed by atoms with van der Waals surface area (Å²) in [6.45, 7) is 15.3. The number of allylic oxidation sites excluding steroid dienone is 2. The standard InChI is InChI=1S/C44H62N4O11/c1-22-15-36-38(24(3)44(59-36)14-12-32-33-10-9-29-16-31(53)11-13-43(29,8)35(33)17-34(32)23(44)2)47(18-22)19-30-20-48(46-45-30)42-41(57-28(7)52)40(56-27(6)51)39(55-26(5)50)37(58-42)21-54-25(4)49/h9,20,22,24,31-33,35-42,53H,10-19,21H2,1-8H3/t22-,24+,31-,32-,33-,35-,36+,37?,38-,39+,40-,41?,42+,43-,44-/m0/s1. The predicted molar refractivity (Wildman–Crippen MR) is 210 cm³/mol. The van der Waals surface area contributed by atoms with Crippen molar-refractivity contribution in [1.29, 1.82) is 0 Å². The summed E-state index contributed by atoms with van der Waals surface area (Å²) in [5.41, 5.74) is 5.06. The molecule has 1 aromatic heterocycles. The van der Waals surface area contributed by atoms with E-state index in [0.717, 1.165) is 57.9 Å². The third-order valence-corrected chi connectivity index (χ3v) is 15.2. The fourth-order valence-corrected chi connectivity index (χ4v) is 12.8. The van der Waals surface area contributed by atoms with Crippen molar-refractivity contribution in [3.63, 3.8) is 0 Å². The summed E-state index contributed by atoms with van der Waals surface area (Å²) in [7, 11) is 0. The number of carbonyl (C=O) groups is 4. The normalized spacial score (nSPS) is 41.6. The zero-order valence-corrected chi connectivity index (χ0v) is 35.8. The number of fused-ring (bicyclic) bond motifs is 6. The first kappa shape index (κ1) is 42.0. The lowest BCUT2D eigenvalue weighted by molar-refractivity contribution is -0.270. The number of hydrogen-bond donors (Lipinski definition) is 1. The Kier molecular flexibility index (Phi) is 11.4. The SMILES string of the molecule is CC(=O)OCC1O[C@@H](n2cc(CN3C[C@@H](C)C[C@H]4O[C@]5(CC[C@@H]6C(=C5C)C[C@H]5[C@H]6CC=C6C[C@@H](O)CC[C@@]65C)[C@H](C)[C@@H]43)nn2)C(OC(C)=O)[C@@H](OC(C)=O)[C@@H]1OC(C)=O. The number of likely N-dealkylation sites (tertiary alicyclic amines) is 1. The molecule has 324 valence electrons. The predicted octanol–water partition coefficient (Wildman–Crippen LogP) is 4.76. The number of carbonyl (C=O) groups excluding carboxylic acids is 4. The van der Waals surface area contributed by atoms with Crippen LogP contribution in [0, 0.1) is 35.0 Å². The van der Waals surface area contributed by atoms with E-state index in [9.17, 15) is 24.3 Å². The molecule has 0 radical (unpaired) electrons. The Morgan fingerprint density at radius 3 is 2.37 bits per heavy atom. The largest absolute Gasteiger partial charge is 0.463 e. The maximum absolute atomic E-state index is 12.5. The minimum absolute atomic E-state index is 0.0601. The minimum Gasteiger partial charge on any atom is -0.463 e. The molecule has 15 heteroatoms. The second-order valence-electron chi connectivity index (χ2n) is 18.9. The van der Waals surface area contributed by atoms with Crippen LogP contribution < -0.4 is 0 Å². The molecular formula is C44H62N4O11. The van der Waals surface area contributed by atoms with E-state index in [1.54, 1.807) is 11.8 Å². The Bertz CT molecular complexity index is 1900. The molecule has 2 saturated carbocycles. The highest BCUT2D eigenvalue weighted by atomic mass is 16.7. The van der Waals surface area contributed by atoms with Crippen molar-refractivity contribution in [2.24, 2.45) is 35.0 Å². The summed E-state index contributed by atoms with van der Waals surface area (Å²) in [4.78, 5) is 51.4. The number of aromatic nitrogens is 3. The molecule has 15 nitrogen and oxygen atoms in total. The van der Waals surface area contributed by atoms with E-state index >= 15 is 0 Å². The third kappa shape index (κ3) is 7.56. The lowest BCUT2D eigenvalue weighted by atomic mass is 9.56. The molecule has 1 aromatic rings. The third-order valence-electron chi connectivity index (χ3n) is 15.2. The van der Waals surface area contributed by atoms with Crippen LogP contribution in [0.5, 0.6) is 0 Å². The van der Waals surface area contributed by atoms with Gasteiger partial charge in [-0.2, -0.15) is 0 Å². The van der Waals surface area contributed by atoms with Gasteiger partial charge in [-0.1, -0.05) is 43.2 Å². The van der Waals surface area contributed by atoms with Crippen LogP contribution in [0.2, 0.25) is 0 Å².